The Morgan fingerprint density at radius 1 is 1.11 bits per heavy atom. The third kappa shape index (κ3) is 3.02. The second kappa shape index (κ2) is 5.69. The molecule has 0 saturated heterocycles. The highest BCUT2D eigenvalue weighted by molar-refractivity contribution is 6.36. The number of hydrogen-bond acceptors (Lipinski definition) is 4. The zero-order valence-electron chi connectivity index (χ0n) is 9.32. The molecule has 0 unspecified atom stereocenters. The molecule has 0 bridgehead atoms. The van der Waals surface area contributed by atoms with Crippen molar-refractivity contribution in [3.8, 4) is 17.4 Å². The highest BCUT2D eigenvalue weighted by atomic mass is 35.5. The van der Waals surface area contributed by atoms with Crippen molar-refractivity contribution in [2.24, 2.45) is 0 Å². The fourth-order valence-corrected chi connectivity index (χ4v) is 1.96. The van der Waals surface area contributed by atoms with Gasteiger partial charge in [0, 0.05) is 10.6 Å². The van der Waals surface area contributed by atoms with Gasteiger partial charge in [-0.05, 0) is 36.7 Å². The molecule has 0 amide bonds. The molecule has 18 heavy (non-hydrogen) atoms. The molecule has 4 nitrogen and oxygen atoms in total. The van der Waals surface area contributed by atoms with Crippen molar-refractivity contribution in [1.29, 1.82) is 0 Å². The van der Waals surface area contributed by atoms with Gasteiger partial charge in [0.15, 0.2) is 5.82 Å². The quantitative estimate of drug-likeness (QED) is 0.863. The van der Waals surface area contributed by atoms with E-state index in [1.54, 1.807) is 18.2 Å². The fraction of sp³-hybridized carbons (Fsp3) is 0.182. The molecule has 1 heterocycles. The zero-order valence-corrected chi connectivity index (χ0v) is 11.6. The molecule has 2 aromatic rings. The summed E-state index contributed by atoms with van der Waals surface area (Å²) in [6.07, 6.45) is 0. The van der Waals surface area contributed by atoms with Crippen molar-refractivity contribution in [3.05, 3.63) is 33.5 Å². The van der Waals surface area contributed by atoms with Crippen LogP contribution in [-0.2, 0) is 0 Å². The number of benzene rings is 1. The van der Waals surface area contributed by atoms with E-state index in [1.807, 2.05) is 6.92 Å². The molecule has 0 radical (unpaired) electrons. The van der Waals surface area contributed by atoms with Gasteiger partial charge in [0.2, 0.25) is 5.28 Å². The van der Waals surface area contributed by atoms with E-state index in [9.17, 15) is 0 Å². The van der Waals surface area contributed by atoms with E-state index in [2.05, 4.69) is 15.0 Å². The van der Waals surface area contributed by atoms with Crippen LogP contribution in [0.1, 0.15) is 6.92 Å². The van der Waals surface area contributed by atoms with Crippen molar-refractivity contribution in [2.45, 2.75) is 6.92 Å². The lowest BCUT2D eigenvalue weighted by atomic mass is 10.2. The van der Waals surface area contributed by atoms with E-state index in [0.29, 0.717) is 28.0 Å². The van der Waals surface area contributed by atoms with Crippen LogP contribution in [0.25, 0.3) is 11.4 Å². The van der Waals surface area contributed by atoms with Crippen LogP contribution in [0, 0.1) is 0 Å². The minimum atomic E-state index is 0.0504. The molecule has 1 aromatic heterocycles. The predicted molar refractivity (Wildman–Crippen MR) is 71.5 cm³/mol. The molecule has 0 aliphatic heterocycles. The van der Waals surface area contributed by atoms with Crippen molar-refractivity contribution in [3.63, 3.8) is 0 Å². The first-order chi connectivity index (χ1) is 8.60. The second-order valence-corrected chi connectivity index (χ2v) is 4.45. The monoisotopic (exact) mass is 303 g/mol. The van der Waals surface area contributed by atoms with Gasteiger partial charge in [-0.25, -0.2) is 0 Å². The number of halogens is 3. The molecule has 0 spiro atoms. The Kier molecular flexibility index (Phi) is 4.22. The summed E-state index contributed by atoms with van der Waals surface area (Å²) in [7, 11) is 0. The van der Waals surface area contributed by atoms with Crippen LogP contribution in [-0.4, -0.2) is 21.6 Å². The minimum absolute atomic E-state index is 0.0504. The fourth-order valence-electron chi connectivity index (χ4n) is 1.32. The van der Waals surface area contributed by atoms with Crippen molar-refractivity contribution in [2.75, 3.05) is 6.61 Å². The molecule has 0 fully saturated rings. The summed E-state index contributed by atoms with van der Waals surface area (Å²) in [5.41, 5.74) is 0.617. The third-order valence-corrected chi connectivity index (χ3v) is 2.75. The van der Waals surface area contributed by atoms with Crippen LogP contribution in [0.15, 0.2) is 18.2 Å². The van der Waals surface area contributed by atoms with Crippen LogP contribution in [0.5, 0.6) is 6.01 Å². The van der Waals surface area contributed by atoms with Crippen LogP contribution in [0.2, 0.25) is 15.3 Å². The van der Waals surface area contributed by atoms with E-state index in [0.717, 1.165) is 0 Å². The maximum absolute atomic E-state index is 6.08. The highest BCUT2D eigenvalue weighted by Gasteiger charge is 2.11. The lowest BCUT2D eigenvalue weighted by Gasteiger charge is -2.06. The van der Waals surface area contributed by atoms with Gasteiger partial charge in [-0.2, -0.15) is 15.0 Å². The Hall–Kier alpha value is -1.10. The van der Waals surface area contributed by atoms with Gasteiger partial charge in [0.25, 0.3) is 0 Å². The summed E-state index contributed by atoms with van der Waals surface area (Å²) >= 11 is 17.7. The molecule has 0 saturated carbocycles. The summed E-state index contributed by atoms with van der Waals surface area (Å²) in [5, 5.41) is 1.02. The van der Waals surface area contributed by atoms with Gasteiger partial charge in [0.05, 0.1) is 11.6 Å². The Morgan fingerprint density at radius 2 is 1.89 bits per heavy atom. The summed E-state index contributed by atoms with van der Waals surface area (Å²) < 4.78 is 5.20. The Morgan fingerprint density at radius 3 is 2.56 bits per heavy atom. The zero-order chi connectivity index (χ0) is 13.1. The van der Waals surface area contributed by atoms with E-state index in [-0.39, 0.29) is 11.3 Å². The lowest BCUT2D eigenvalue weighted by Crippen LogP contribution is -2.01. The minimum Gasteiger partial charge on any atom is -0.464 e. The Bertz CT molecular complexity index is 577. The molecule has 0 aliphatic carbocycles. The van der Waals surface area contributed by atoms with Crippen LogP contribution in [0.4, 0.5) is 0 Å². The lowest BCUT2D eigenvalue weighted by molar-refractivity contribution is 0.312. The number of nitrogens with zero attached hydrogens (tertiary/aromatic N) is 3. The summed E-state index contributed by atoms with van der Waals surface area (Å²) in [5.74, 6) is 0.347. The molecule has 0 atom stereocenters. The van der Waals surface area contributed by atoms with Crippen LogP contribution < -0.4 is 4.74 Å². The molecular formula is C11H8Cl3N3O. The van der Waals surface area contributed by atoms with Crippen LogP contribution in [0.3, 0.4) is 0 Å². The van der Waals surface area contributed by atoms with Gasteiger partial charge in [0.1, 0.15) is 0 Å². The number of aromatic nitrogens is 3. The molecule has 94 valence electrons. The van der Waals surface area contributed by atoms with Gasteiger partial charge in [-0.1, -0.05) is 23.2 Å². The average molecular weight is 305 g/mol. The summed E-state index contributed by atoms with van der Waals surface area (Å²) in [6.45, 7) is 2.26. The topological polar surface area (TPSA) is 47.9 Å². The van der Waals surface area contributed by atoms with Crippen molar-refractivity contribution in [1.82, 2.24) is 15.0 Å². The Balaban J connectivity index is 2.49. The van der Waals surface area contributed by atoms with Gasteiger partial charge >= 0.3 is 6.01 Å². The molecule has 2 rings (SSSR count). The molecular weight excluding hydrogens is 296 g/mol. The van der Waals surface area contributed by atoms with E-state index in [1.165, 1.54) is 0 Å². The molecule has 0 N–H and O–H groups in total. The van der Waals surface area contributed by atoms with Gasteiger partial charge in [-0.3, -0.25) is 0 Å². The standard InChI is InChI=1S/C11H8Cl3N3O/c1-2-18-11-16-9(15-10(14)17-11)7-4-3-6(12)5-8(7)13/h3-5H,2H2,1H3. The SMILES string of the molecule is CCOc1nc(Cl)nc(-c2ccc(Cl)cc2Cl)n1. The van der Waals surface area contributed by atoms with E-state index in [4.69, 9.17) is 39.5 Å². The number of rotatable bonds is 3. The normalized spacial score (nSPS) is 10.4. The first-order valence-electron chi connectivity index (χ1n) is 5.10. The van der Waals surface area contributed by atoms with Crippen molar-refractivity contribution >= 4 is 34.8 Å². The largest absolute Gasteiger partial charge is 0.464 e. The first kappa shape index (κ1) is 13.3. The maximum atomic E-state index is 6.08. The van der Waals surface area contributed by atoms with Crippen LogP contribution >= 0.6 is 34.8 Å². The number of hydrogen-bond donors (Lipinski definition) is 0. The smallest absolute Gasteiger partial charge is 0.321 e. The Labute approximate surface area is 119 Å². The first-order valence-corrected chi connectivity index (χ1v) is 6.23. The predicted octanol–water partition coefficient (Wildman–Crippen LogP) is 3.90. The second-order valence-electron chi connectivity index (χ2n) is 3.27. The van der Waals surface area contributed by atoms with Gasteiger partial charge in [-0.15, -0.1) is 0 Å². The third-order valence-electron chi connectivity index (χ3n) is 2.03. The van der Waals surface area contributed by atoms with E-state index < -0.39 is 0 Å². The highest BCUT2D eigenvalue weighted by Crippen LogP contribution is 2.29. The van der Waals surface area contributed by atoms with Gasteiger partial charge < -0.3 is 4.74 Å². The summed E-state index contributed by atoms with van der Waals surface area (Å²) in [4.78, 5) is 12.0. The van der Waals surface area contributed by atoms with Crippen molar-refractivity contribution < 1.29 is 4.74 Å². The average Bonchev–Trinajstić information content (AvgIpc) is 2.28. The number of ether oxygens (including phenoxy) is 1. The molecule has 0 aliphatic rings. The molecule has 7 heteroatoms. The summed E-state index contributed by atoms with van der Waals surface area (Å²) in [6, 6.07) is 5.18. The molecule has 1 aromatic carbocycles. The maximum Gasteiger partial charge on any atom is 0.321 e. The van der Waals surface area contributed by atoms with E-state index >= 15 is 0 Å².